The summed E-state index contributed by atoms with van der Waals surface area (Å²) in [5, 5.41) is 17.6. The van der Waals surface area contributed by atoms with Crippen molar-refractivity contribution in [3.63, 3.8) is 0 Å². The van der Waals surface area contributed by atoms with Gasteiger partial charge in [0.05, 0.1) is 7.11 Å². The van der Waals surface area contributed by atoms with Crippen LogP contribution in [-0.4, -0.2) is 7.11 Å². The Bertz CT molecular complexity index is 900. The Kier molecular flexibility index (Phi) is 6.34. The van der Waals surface area contributed by atoms with Crippen molar-refractivity contribution in [3.8, 4) is 28.3 Å². The lowest BCUT2D eigenvalue weighted by atomic mass is 10.1. The van der Waals surface area contributed by atoms with E-state index in [-0.39, 0.29) is 5.57 Å². The van der Waals surface area contributed by atoms with Gasteiger partial charge in [-0.05, 0) is 73.0 Å². The van der Waals surface area contributed by atoms with Crippen LogP contribution in [0.5, 0.6) is 5.75 Å². The number of hydrogen-bond acceptors (Lipinski definition) is 4. The first-order chi connectivity index (χ1) is 12.1. The molecule has 124 valence electrons. The average molecular weight is 346 g/mol. The average Bonchev–Trinajstić information content (AvgIpc) is 3.14. The van der Waals surface area contributed by atoms with Gasteiger partial charge in [-0.1, -0.05) is 12.2 Å². The quantitative estimate of drug-likeness (QED) is 0.512. The van der Waals surface area contributed by atoms with Gasteiger partial charge in [-0.15, -0.1) is 11.3 Å². The standard InChI is InChI=1S/C21H18N2OS/c1-15(12-17(13-22)14-23)4-5-16(2)20-10-11-21(25-20)18-6-8-19(24-3)9-7-18/h4-12H,1-3H3/b15-4+,16-5+. The lowest BCUT2D eigenvalue weighted by molar-refractivity contribution is 0.415. The molecule has 1 aromatic heterocycles. The maximum Gasteiger partial charge on any atom is 0.129 e. The molecule has 0 bridgehead atoms. The molecule has 0 N–H and O–H groups in total. The highest BCUT2D eigenvalue weighted by Crippen LogP contribution is 2.32. The third-order valence-corrected chi connectivity index (χ3v) is 4.85. The second-order valence-electron chi connectivity index (χ2n) is 5.43. The van der Waals surface area contributed by atoms with Gasteiger partial charge in [-0.2, -0.15) is 10.5 Å². The van der Waals surface area contributed by atoms with Gasteiger partial charge in [0.15, 0.2) is 0 Å². The zero-order chi connectivity index (χ0) is 18.2. The monoisotopic (exact) mass is 346 g/mol. The van der Waals surface area contributed by atoms with Crippen LogP contribution in [0.4, 0.5) is 0 Å². The topological polar surface area (TPSA) is 56.8 Å². The van der Waals surface area contributed by atoms with E-state index in [1.54, 1.807) is 24.5 Å². The molecule has 2 rings (SSSR count). The van der Waals surface area contributed by atoms with Crippen LogP contribution in [0.1, 0.15) is 18.7 Å². The lowest BCUT2D eigenvalue weighted by Crippen LogP contribution is -1.81. The first-order valence-corrected chi connectivity index (χ1v) is 8.50. The van der Waals surface area contributed by atoms with E-state index in [9.17, 15) is 0 Å². The maximum atomic E-state index is 8.78. The van der Waals surface area contributed by atoms with E-state index >= 15 is 0 Å². The van der Waals surface area contributed by atoms with Crippen molar-refractivity contribution in [2.75, 3.05) is 7.11 Å². The smallest absolute Gasteiger partial charge is 0.129 e. The summed E-state index contributed by atoms with van der Waals surface area (Å²) >= 11 is 1.72. The molecule has 0 aliphatic heterocycles. The van der Waals surface area contributed by atoms with Crippen LogP contribution in [-0.2, 0) is 0 Å². The minimum absolute atomic E-state index is 0.109. The van der Waals surface area contributed by atoms with Crippen molar-refractivity contribution in [3.05, 3.63) is 70.6 Å². The largest absolute Gasteiger partial charge is 0.497 e. The number of thiophene rings is 1. The van der Waals surface area contributed by atoms with E-state index in [1.807, 2.05) is 62.4 Å². The molecule has 0 fully saturated rings. The van der Waals surface area contributed by atoms with E-state index in [2.05, 4.69) is 12.1 Å². The van der Waals surface area contributed by atoms with Crippen LogP contribution in [0.3, 0.4) is 0 Å². The Morgan fingerprint density at radius 1 is 1.00 bits per heavy atom. The number of hydrogen-bond donors (Lipinski definition) is 0. The molecule has 4 heteroatoms. The van der Waals surface area contributed by atoms with Gasteiger partial charge < -0.3 is 4.74 Å². The fourth-order valence-electron chi connectivity index (χ4n) is 2.16. The van der Waals surface area contributed by atoms with Crippen LogP contribution in [0.2, 0.25) is 0 Å². The molecule has 0 saturated heterocycles. The number of nitrogens with zero attached hydrogens (tertiary/aromatic N) is 2. The summed E-state index contributed by atoms with van der Waals surface area (Å²) in [5.41, 5.74) is 3.27. The summed E-state index contributed by atoms with van der Waals surface area (Å²) in [4.78, 5) is 2.38. The molecular formula is C21H18N2OS. The predicted octanol–water partition coefficient (Wildman–Crippen LogP) is 5.75. The minimum Gasteiger partial charge on any atom is -0.497 e. The zero-order valence-electron chi connectivity index (χ0n) is 14.4. The molecule has 0 aliphatic rings. The lowest BCUT2D eigenvalue weighted by Gasteiger charge is -2.01. The van der Waals surface area contributed by atoms with Crippen molar-refractivity contribution < 1.29 is 4.74 Å². The van der Waals surface area contributed by atoms with E-state index in [0.717, 1.165) is 22.5 Å². The summed E-state index contributed by atoms with van der Waals surface area (Å²) in [7, 11) is 1.66. The Balaban J connectivity index is 2.19. The molecule has 25 heavy (non-hydrogen) atoms. The van der Waals surface area contributed by atoms with Gasteiger partial charge in [-0.25, -0.2) is 0 Å². The number of allylic oxidation sites excluding steroid dienone is 6. The zero-order valence-corrected chi connectivity index (χ0v) is 15.2. The van der Waals surface area contributed by atoms with Crippen LogP contribution in [0, 0.1) is 22.7 Å². The van der Waals surface area contributed by atoms with E-state index in [4.69, 9.17) is 15.3 Å². The molecule has 0 atom stereocenters. The van der Waals surface area contributed by atoms with Gasteiger partial charge in [0.25, 0.3) is 0 Å². The van der Waals surface area contributed by atoms with Crippen molar-refractivity contribution in [2.45, 2.75) is 13.8 Å². The van der Waals surface area contributed by atoms with Crippen molar-refractivity contribution in [1.29, 1.82) is 10.5 Å². The second-order valence-corrected chi connectivity index (χ2v) is 6.52. The first-order valence-electron chi connectivity index (χ1n) is 7.69. The molecule has 0 aliphatic carbocycles. The van der Waals surface area contributed by atoms with Gasteiger partial charge in [0.2, 0.25) is 0 Å². The molecule has 0 saturated carbocycles. The summed E-state index contributed by atoms with van der Waals surface area (Å²) in [5.74, 6) is 0.847. The molecule has 0 amide bonds. The van der Waals surface area contributed by atoms with Gasteiger partial charge in [0.1, 0.15) is 23.5 Å². The number of rotatable bonds is 5. The Morgan fingerprint density at radius 3 is 2.28 bits per heavy atom. The molecule has 1 heterocycles. The number of methoxy groups -OCH3 is 1. The van der Waals surface area contributed by atoms with Crippen LogP contribution in [0.25, 0.3) is 16.0 Å². The van der Waals surface area contributed by atoms with Crippen LogP contribution >= 0.6 is 11.3 Å². The van der Waals surface area contributed by atoms with Crippen molar-refractivity contribution in [2.24, 2.45) is 0 Å². The summed E-state index contributed by atoms with van der Waals surface area (Å²) in [6.45, 7) is 3.92. The highest BCUT2D eigenvalue weighted by Gasteiger charge is 2.04. The van der Waals surface area contributed by atoms with Gasteiger partial charge in [0, 0.05) is 9.75 Å². The molecule has 0 unspecified atom stereocenters. The van der Waals surface area contributed by atoms with Crippen LogP contribution < -0.4 is 4.74 Å². The molecule has 2 aromatic rings. The molecule has 0 spiro atoms. The molecule has 3 nitrogen and oxygen atoms in total. The fraction of sp³-hybridized carbons (Fsp3) is 0.143. The highest BCUT2D eigenvalue weighted by molar-refractivity contribution is 7.16. The SMILES string of the molecule is COc1ccc(-c2ccc(/C(C)=C/C=C(\C)C=C(C#N)C#N)s2)cc1. The van der Waals surface area contributed by atoms with Crippen molar-refractivity contribution >= 4 is 16.9 Å². The molecule has 0 radical (unpaired) electrons. The molecule has 1 aromatic carbocycles. The second kappa shape index (κ2) is 8.68. The van der Waals surface area contributed by atoms with Crippen molar-refractivity contribution in [1.82, 2.24) is 0 Å². The van der Waals surface area contributed by atoms with E-state index in [0.29, 0.717) is 0 Å². The third-order valence-electron chi connectivity index (χ3n) is 3.58. The number of benzene rings is 1. The maximum absolute atomic E-state index is 8.78. The molecular weight excluding hydrogens is 328 g/mol. The number of nitriles is 2. The Hall–Kier alpha value is -3.08. The van der Waals surface area contributed by atoms with E-state index < -0.39 is 0 Å². The third kappa shape index (κ3) is 4.94. The predicted molar refractivity (Wildman–Crippen MR) is 103 cm³/mol. The Morgan fingerprint density at radius 2 is 1.68 bits per heavy atom. The number of ether oxygens (including phenoxy) is 1. The normalized spacial score (nSPS) is 11.4. The van der Waals surface area contributed by atoms with Gasteiger partial charge in [-0.3, -0.25) is 0 Å². The Labute approximate surface area is 152 Å². The summed E-state index contributed by atoms with van der Waals surface area (Å²) in [6.07, 6.45) is 5.50. The minimum atomic E-state index is 0.109. The van der Waals surface area contributed by atoms with E-state index in [1.165, 1.54) is 9.75 Å². The fourth-order valence-corrected chi connectivity index (χ4v) is 3.16. The van der Waals surface area contributed by atoms with Gasteiger partial charge >= 0.3 is 0 Å². The summed E-state index contributed by atoms with van der Waals surface area (Å²) < 4.78 is 5.19. The first kappa shape index (κ1) is 18.3. The van der Waals surface area contributed by atoms with Crippen LogP contribution in [0.15, 0.2) is 65.8 Å². The highest BCUT2D eigenvalue weighted by atomic mass is 32.1. The summed E-state index contributed by atoms with van der Waals surface area (Å²) in [6, 6.07) is 15.9.